The Morgan fingerprint density at radius 3 is 2.50 bits per heavy atom. The van der Waals surface area contributed by atoms with Crippen molar-refractivity contribution in [2.75, 3.05) is 13.1 Å². The van der Waals surface area contributed by atoms with E-state index in [-0.39, 0.29) is 16.6 Å². The van der Waals surface area contributed by atoms with E-state index in [4.69, 9.17) is 5.11 Å². The van der Waals surface area contributed by atoms with Crippen molar-refractivity contribution in [3.63, 3.8) is 0 Å². The predicted molar refractivity (Wildman–Crippen MR) is 74.3 cm³/mol. The topological polar surface area (TPSA) is 79.6 Å². The molecular formula is C13H18N2O4S. The number of aromatic nitrogens is 1. The molecule has 0 fully saturated rings. The van der Waals surface area contributed by atoms with Crippen LogP contribution < -0.4 is 0 Å². The van der Waals surface area contributed by atoms with Crippen molar-refractivity contribution >= 4 is 16.0 Å². The van der Waals surface area contributed by atoms with Gasteiger partial charge in [0, 0.05) is 25.3 Å². The summed E-state index contributed by atoms with van der Waals surface area (Å²) in [6, 6.07) is 1.11. The van der Waals surface area contributed by atoms with E-state index in [0.29, 0.717) is 19.5 Å². The highest BCUT2D eigenvalue weighted by Gasteiger charge is 2.28. The highest BCUT2D eigenvalue weighted by molar-refractivity contribution is 7.89. The Morgan fingerprint density at radius 1 is 1.35 bits per heavy atom. The lowest BCUT2D eigenvalue weighted by atomic mass is 10.3. The number of aromatic carboxylic acids is 1. The van der Waals surface area contributed by atoms with Gasteiger partial charge in [0.05, 0.1) is 0 Å². The predicted octanol–water partition coefficient (Wildman–Crippen LogP) is 1.72. The number of carboxylic acids is 1. The summed E-state index contributed by atoms with van der Waals surface area (Å²) in [5.41, 5.74) is -0.00822. The highest BCUT2D eigenvalue weighted by Crippen LogP contribution is 2.23. The standard InChI is InChI=1S/C13H18N2O4S/c1-10(2)15-9-11(8-12(15)13(16)17)20(18,19)14-6-4-3-5-7-14/h3-4,8-10H,5-7H2,1-2H3,(H,16,17). The fraction of sp³-hybridized carbons (Fsp3) is 0.462. The third-order valence-corrected chi connectivity index (χ3v) is 5.09. The van der Waals surface area contributed by atoms with E-state index in [1.165, 1.54) is 21.1 Å². The summed E-state index contributed by atoms with van der Waals surface area (Å²) in [6.07, 6.45) is 5.82. The zero-order chi connectivity index (χ0) is 14.9. The minimum atomic E-state index is -3.63. The fourth-order valence-electron chi connectivity index (χ4n) is 2.18. The van der Waals surface area contributed by atoms with Gasteiger partial charge < -0.3 is 9.67 Å². The zero-order valence-electron chi connectivity index (χ0n) is 11.5. The number of carboxylic acid groups (broad SMARTS) is 1. The van der Waals surface area contributed by atoms with Crippen molar-refractivity contribution in [1.82, 2.24) is 8.87 Å². The number of nitrogens with zero attached hydrogens (tertiary/aromatic N) is 2. The molecule has 1 aliphatic heterocycles. The van der Waals surface area contributed by atoms with Gasteiger partial charge in [0.1, 0.15) is 10.6 Å². The minimum Gasteiger partial charge on any atom is -0.477 e. The Kier molecular flexibility index (Phi) is 4.01. The average molecular weight is 298 g/mol. The van der Waals surface area contributed by atoms with Gasteiger partial charge in [-0.05, 0) is 26.3 Å². The first-order valence-electron chi connectivity index (χ1n) is 6.44. The van der Waals surface area contributed by atoms with Crippen LogP contribution in [0.4, 0.5) is 0 Å². The molecule has 0 saturated carbocycles. The summed E-state index contributed by atoms with van der Waals surface area (Å²) in [4.78, 5) is 11.2. The van der Waals surface area contributed by atoms with Crippen LogP contribution in [-0.4, -0.2) is 41.5 Å². The van der Waals surface area contributed by atoms with Crippen LogP contribution >= 0.6 is 0 Å². The minimum absolute atomic E-state index is 0.00822. The van der Waals surface area contributed by atoms with Crippen LogP contribution in [-0.2, 0) is 10.0 Å². The molecule has 0 aliphatic carbocycles. The van der Waals surface area contributed by atoms with Gasteiger partial charge in [-0.3, -0.25) is 0 Å². The van der Waals surface area contributed by atoms with Crippen molar-refractivity contribution in [2.24, 2.45) is 0 Å². The van der Waals surface area contributed by atoms with Crippen LogP contribution in [0.25, 0.3) is 0 Å². The van der Waals surface area contributed by atoms with Crippen LogP contribution in [0.3, 0.4) is 0 Å². The molecule has 0 amide bonds. The van der Waals surface area contributed by atoms with Crippen LogP contribution in [0, 0.1) is 0 Å². The van der Waals surface area contributed by atoms with Gasteiger partial charge in [0.25, 0.3) is 0 Å². The zero-order valence-corrected chi connectivity index (χ0v) is 12.3. The monoisotopic (exact) mass is 298 g/mol. The first-order chi connectivity index (χ1) is 9.34. The summed E-state index contributed by atoms with van der Waals surface area (Å²) >= 11 is 0. The fourth-order valence-corrected chi connectivity index (χ4v) is 3.61. The maximum atomic E-state index is 12.5. The van der Waals surface area contributed by atoms with Crippen LogP contribution in [0.1, 0.15) is 36.8 Å². The van der Waals surface area contributed by atoms with E-state index in [9.17, 15) is 13.2 Å². The lowest BCUT2D eigenvalue weighted by molar-refractivity contribution is 0.0683. The second-order valence-electron chi connectivity index (χ2n) is 4.99. The lowest BCUT2D eigenvalue weighted by Gasteiger charge is -2.22. The Hall–Kier alpha value is -1.60. The molecule has 2 rings (SSSR count). The smallest absolute Gasteiger partial charge is 0.352 e. The number of carbonyl (C=O) groups is 1. The van der Waals surface area contributed by atoms with Crippen molar-refractivity contribution in [2.45, 2.75) is 31.2 Å². The molecule has 0 radical (unpaired) electrons. The van der Waals surface area contributed by atoms with E-state index < -0.39 is 16.0 Å². The molecule has 110 valence electrons. The molecule has 20 heavy (non-hydrogen) atoms. The highest BCUT2D eigenvalue weighted by atomic mass is 32.2. The summed E-state index contributed by atoms with van der Waals surface area (Å²) < 4.78 is 27.8. The van der Waals surface area contributed by atoms with Gasteiger partial charge in [0.15, 0.2) is 0 Å². The third-order valence-electron chi connectivity index (χ3n) is 3.26. The quantitative estimate of drug-likeness (QED) is 0.858. The Labute approximate surface area is 118 Å². The van der Waals surface area contributed by atoms with E-state index in [2.05, 4.69) is 0 Å². The number of sulfonamides is 1. The first-order valence-corrected chi connectivity index (χ1v) is 7.88. The van der Waals surface area contributed by atoms with Gasteiger partial charge in [-0.1, -0.05) is 12.2 Å². The molecule has 0 spiro atoms. The van der Waals surface area contributed by atoms with E-state index >= 15 is 0 Å². The van der Waals surface area contributed by atoms with Crippen molar-refractivity contribution in [1.29, 1.82) is 0 Å². The molecule has 0 bridgehead atoms. The van der Waals surface area contributed by atoms with Crippen molar-refractivity contribution < 1.29 is 18.3 Å². The molecule has 1 aromatic rings. The van der Waals surface area contributed by atoms with E-state index in [1.54, 1.807) is 6.08 Å². The van der Waals surface area contributed by atoms with Crippen LogP contribution in [0.5, 0.6) is 0 Å². The molecular weight excluding hydrogens is 280 g/mol. The third kappa shape index (κ3) is 2.64. The second kappa shape index (κ2) is 5.41. The molecule has 7 heteroatoms. The van der Waals surface area contributed by atoms with Gasteiger partial charge >= 0.3 is 5.97 Å². The molecule has 1 aliphatic rings. The summed E-state index contributed by atoms with van der Waals surface area (Å²) in [5, 5.41) is 9.16. The van der Waals surface area contributed by atoms with Gasteiger partial charge in [0.2, 0.25) is 10.0 Å². The van der Waals surface area contributed by atoms with Gasteiger partial charge in [-0.25, -0.2) is 13.2 Å². The summed E-state index contributed by atoms with van der Waals surface area (Å²) in [6.45, 7) is 4.38. The van der Waals surface area contributed by atoms with Crippen molar-refractivity contribution in [3.8, 4) is 0 Å². The molecule has 0 aromatic carbocycles. The molecule has 0 unspecified atom stereocenters. The number of hydrogen-bond donors (Lipinski definition) is 1. The molecule has 1 aromatic heterocycles. The first kappa shape index (κ1) is 14.8. The number of rotatable bonds is 4. The molecule has 2 heterocycles. The van der Waals surface area contributed by atoms with Crippen LogP contribution in [0.15, 0.2) is 29.3 Å². The summed E-state index contributed by atoms with van der Waals surface area (Å²) in [7, 11) is -3.63. The second-order valence-corrected chi connectivity index (χ2v) is 6.93. The SMILES string of the molecule is CC(C)n1cc(S(=O)(=O)N2CC=CCC2)cc1C(=O)O. The normalized spacial score (nSPS) is 16.8. The Balaban J connectivity index is 2.44. The Bertz CT molecular complexity index is 643. The van der Waals surface area contributed by atoms with E-state index in [1.807, 2.05) is 19.9 Å². The van der Waals surface area contributed by atoms with Gasteiger partial charge in [-0.2, -0.15) is 4.31 Å². The number of hydrogen-bond acceptors (Lipinski definition) is 3. The molecule has 0 atom stereocenters. The lowest BCUT2D eigenvalue weighted by Crippen LogP contribution is -2.33. The average Bonchev–Trinajstić information content (AvgIpc) is 2.85. The maximum Gasteiger partial charge on any atom is 0.352 e. The Morgan fingerprint density at radius 2 is 2.05 bits per heavy atom. The summed E-state index contributed by atoms with van der Waals surface area (Å²) in [5.74, 6) is -1.13. The maximum absolute atomic E-state index is 12.5. The largest absolute Gasteiger partial charge is 0.477 e. The van der Waals surface area contributed by atoms with E-state index in [0.717, 1.165) is 0 Å². The van der Waals surface area contributed by atoms with Crippen LogP contribution in [0.2, 0.25) is 0 Å². The van der Waals surface area contributed by atoms with Crippen molar-refractivity contribution in [3.05, 3.63) is 30.1 Å². The molecule has 0 saturated heterocycles. The van der Waals surface area contributed by atoms with Gasteiger partial charge in [-0.15, -0.1) is 0 Å². The molecule has 1 N–H and O–H groups in total. The molecule has 6 nitrogen and oxygen atoms in total.